The average Bonchev–Trinajstić information content (AvgIpc) is 2.69. The fourth-order valence-electron chi connectivity index (χ4n) is 2.81. The van der Waals surface area contributed by atoms with Gasteiger partial charge in [-0.2, -0.15) is 0 Å². The van der Waals surface area contributed by atoms with Crippen molar-refractivity contribution < 1.29 is 0 Å². The maximum absolute atomic E-state index is 4.54. The molecule has 3 aromatic carbocycles. The number of nitrogens with one attached hydrogen (secondary N) is 2. The van der Waals surface area contributed by atoms with Gasteiger partial charge < -0.3 is 5.43 Å². The molecule has 2 N–H and O–H groups in total. The van der Waals surface area contributed by atoms with Crippen molar-refractivity contribution in [1.82, 2.24) is 10.4 Å². The number of benzene rings is 3. The van der Waals surface area contributed by atoms with Crippen LogP contribution >= 0.6 is 0 Å². The molecular formula is C22H19N3. The quantitative estimate of drug-likeness (QED) is 0.506. The molecule has 3 heteroatoms. The number of para-hydroxylation sites is 2. The summed E-state index contributed by atoms with van der Waals surface area (Å²) in [7, 11) is 0. The molecule has 0 aliphatic carbocycles. The first-order chi connectivity index (χ1) is 12.4. The standard InChI is InChI=1S/C22H19N3/c1-2-7-21(8-3-1)25-24-15-17-10-12-18(13-11-17)20-14-19-6-4-5-9-22(19)23-16-20/h1-14,16,24-25H,15H2. The Balaban J connectivity index is 1.44. The largest absolute Gasteiger partial charge is 0.321 e. The van der Waals surface area contributed by atoms with Crippen LogP contribution in [0.2, 0.25) is 0 Å². The molecule has 25 heavy (non-hydrogen) atoms. The third-order valence-electron chi connectivity index (χ3n) is 4.18. The second kappa shape index (κ2) is 7.16. The van der Waals surface area contributed by atoms with Crippen LogP contribution in [0, 0.1) is 0 Å². The summed E-state index contributed by atoms with van der Waals surface area (Å²) >= 11 is 0. The zero-order chi connectivity index (χ0) is 16.9. The SMILES string of the molecule is c1ccc(NNCc2ccc(-c3cnc4ccccc4c3)cc2)cc1. The molecule has 4 aromatic rings. The molecule has 0 saturated carbocycles. The van der Waals surface area contributed by atoms with Gasteiger partial charge in [-0.25, -0.2) is 5.43 Å². The minimum Gasteiger partial charge on any atom is -0.321 e. The average molecular weight is 325 g/mol. The van der Waals surface area contributed by atoms with E-state index in [4.69, 9.17) is 0 Å². The van der Waals surface area contributed by atoms with Crippen LogP contribution in [0.3, 0.4) is 0 Å². The Labute approximate surface area is 147 Å². The second-order valence-electron chi connectivity index (χ2n) is 5.96. The van der Waals surface area contributed by atoms with E-state index >= 15 is 0 Å². The van der Waals surface area contributed by atoms with Gasteiger partial charge in [-0.3, -0.25) is 4.98 Å². The van der Waals surface area contributed by atoms with Gasteiger partial charge in [-0.1, -0.05) is 60.7 Å². The normalized spacial score (nSPS) is 10.7. The number of hydrogen-bond acceptors (Lipinski definition) is 3. The molecule has 0 aliphatic rings. The Morgan fingerprint density at radius 1 is 0.720 bits per heavy atom. The van der Waals surface area contributed by atoms with Crippen LogP contribution in [-0.4, -0.2) is 4.98 Å². The predicted molar refractivity (Wildman–Crippen MR) is 104 cm³/mol. The molecule has 122 valence electrons. The zero-order valence-corrected chi connectivity index (χ0v) is 13.8. The number of aromatic nitrogens is 1. The van der Waals surface area contributed by atoms with Crippen molar-refractivity contribution in [3.05, 3.63) is 96.7 Å². The van der Waals surface area contributed by atoms with Gasteiger partial charge in [0.25, 0.3) is 0 Å². The molecule has 0 radical (unpaired) electrons. The Bertz CT molecular complexity index is 963. The highest BCUT2D eigenvalue weighted by Crippen LogP contribution is 2.23. The number of nitrogens with zero attached hydrogens (tertiary/aromatic N) is 1. The highest BCUT2D eigenvalue weighted by Gasteiger charge is 2.01. The zero-order valence-electron chi connectivity index (χ0n) is 13.8. The maximum atomic E-state index is 4.54. The summed E-state index contributed by atoms with van der Waals surface area (Å²) in [5, 5.41) is 1.16. The number of fused-ring (bicyclic) bond motifs is 1. The Hall–Kier alpha value is -3.17. The minimum atomic E-state index is 0.755. The Kier molecular flexibility index (Phi) is 4.40. The lowest BCUT2D eigenvalue weighted by Crippen LogP contribution is -2.20. The van der Waals surface area contributed by atoms with E-state index in [0.29, 0.717) is 0 Å². The van der Waals surface area contributed by atoms with Crippen LogP contribution in [-0.2, 0) is 6.54 Å². The van der Waals surface area contributed by atoms with Crippen molar-refractivity contribution in [1.29, 1.82) is 0 Å². The van der Waals surface area contributed by atoms with E-state index in [1.807, 2.05) is 54.7 Å². The summed E-state index contributed by atoms with van der Waals surface area (Å²) < 4.78 is 0. The fourth-order valence-corrected chi connectivity index (χ4v) is 2.81. The number of pyridine rings is 1. The van der Waals surface area contributed by atoms with Crippen molar-refractivity contribution in [2.24, 2.45) is 0 Å². The lowest BCUT2D eigenvalue weighted by molar-refractivity contribution is 0.801. The highest BCUT2D eigenvalue weighted by molar-refractivity contribution is 5.83. The van der Waals surface area contributed by atoms with Gasteiger partial charge in [0.05, 0.1) is 5.52 Å². The van der Waals surface area contributed by atoms with E-state index in [0.717, 1.165) is 28.7 Å². The first-order valence-electron chi connectivity index (χ1n) is 8.36. The van der Waals surface area contributed by atoms with Gasteiger partial charge in [0.15, 0.2) is 0 Å². The lowest BCUT2D eigenvalue weighted by atomic mass is 10.0. The van der Waals surface area contributed by atoms with Crippen molar-refractivity contribution >= 4 is 16.6 Å². The first-order valence-corrected chi connectivity index (χ1v) is 8.36. The van der Waals surface area contributed by atoms with E-state index in [9.17, 15) is 0 Å². The predicted octanol–water partition coefficient (Wildman–Crippen LogP) is 5.02. The Morgan fingerprint density at radius 2 is 1.48 bits per heavy atom. The third kappa shape index (κ3) is 3.67. The minimum absolute atomic E-state index is 0.755. The fraction of sp³-hybridized carbons (Fsp3) is 0.0455. The Morgan fingerprint density at radius 3 is 2.32 bits per heavy atom. The van der Waals surface area contributed by atoms with Crippen molar-refractivity contribution in [2.45, 2.75) is 6.54 Å². The van der Waals surface area contributed by atoms with Gasteiger partial charge in [0, 0.05) is 29.4 Å². The van der Waals surface area contributed by atoms with E-state index in [2.05, 4.69) is 52.2 Å². The molecule has 0 unspecified atom stereocenters. The summed E-state index contributed by atoms with van der Waals surface area (Å²) in [4.78, 5) is 4.54. The van der Waals surface area contributed by atoms with Crippen LogP contribution in [0.25, 0.3) is 22.0 Å². The molecule has 0 bridgehead atoms. The first kappa shape index (κ1) is 15.4. The van der Waals surface area contributed by atoms with Crippen molar-refractivity contribution in [3.63, 3.8) is 0 Å². The van der Waals surface area contributed by atoms with Gasteiger partial charge in [0.1, 0.15) is 0 Å². The smallest absolute Gasteiger partial charge is 0.0702 e. The number of anilines is 1. The van der Waals surface area contributed by atoms with Gasteiger partial charge in [-0.05, 0) is 35.4 Å². The molecule has 0 atom stereocenters. The molecule has 1 heterocycles. The molecule has 3 nitrogen and oxygen atoms in total. The molecule has 0 amide bonds. The molecule has 4 rings (SSSR count). The number of hydrazine groups is 1. The van der Waals surface area contributed by atoms with Gasteiger partial charge in [0.2, 0.25) is 0 Å². The third-order valence-corrected chi connectivity index (χ3v) is 4.18. The van der Waals surface area contributed by atoms with Gasteiger partial charge >= 0.3 is 0 Å². The van der Waals surface area contributed by atoms with Crippen LogP contribution in [0.1, 0.15) is 5.56 Å². The lowest BCUT2D eigenvalue weighted by Gasteiger charge is -2.09. The highest BCUT2D eigenvalue weighted by atomic mass is 15.3. The second-order valence-corrected chi connectivity index (χ2v) is 5.96. The molecule has 0 aliphatic heterocycles. The van der Waals surface area contributed by atoms with E-state index in [1.54, 1.807) is 0 Å². The van der Waals surface area contributed by atoms with E-state index in [-0.39, 0.29) is 0 Å². The van der Waals surface area contributed by atoms with Crippen molar-refractivity contribution in [3.8, 4) is 11.1 Å². The molecule has 0 fully saturated rings. The van der Waals surface area contributed by atoms with E-state index in [1.165, 1.54) is 11.1 Å². The summed E-state index contributed by atoms with van der Waals surface area (Å²) in [6, 6.07) is 29.0. The monoisotopic (exact) mass is 325 g/mol. The maximum Gasteiger partial charge on any atom is 0.0702 e. The van der Waals surface area contributed by atoms with Gasteiger partial charge in [-0.15, -0.1) is 0 Å². The van der Waals surface area contributed by atoms with Crippen LogP contribution < -0.4 is 10.9 Å². The number of rotatable bonds is 5. The van der Waals surface area contributed by atoms with Crippen LogP contribution in [0.15, 0.2) is 91.1 Å². The van der Waals surface area contributed by atoms with Crippen LogP contribution in [0.4, 0.5) is 5.69 Å². The molecule has 1 aromatic heterocycles. The van der Waals surface area contributed by atoms with Crippen LogP contribution in [0.5, 0.6) is 0 Å². The number of hydrogen-bond donors (Lipinski definition) is 2. The summed E-state index contributed by atoms with van der Waals surface area (Å²) in [5.41, 5.74) is 12.1. The van der Waals surface area contributed by atoms with E-state index < -0.39 is 0 Å². The summed E-state index contributed by atoms with van der Waals surface area (Å²) in [6.07, 6.45) is 1.94. The topological polar surface area (TPSA) is 37.0 Å². The molecule has 0 saturated heterocycles. The summed E-state index contributed by atoms with van der Waals surface area (Å²) in [6.45, 7) is 0.755. The van der Waals surface area contributed by atoms with Crippen molar-refractivity contribution in [2.75, 3.05) is 5.43 Å². The molecular weight excluding hydrogens is 306 g/mol. The molecule has 0 spiro atoms. The summed E-state index contributed by atoms with van der Waals surface area (Å²) in [5.74, 6) is 0.